The first-order chi connectivity index (χ1) is 13.2. The van der Waals surface area contributed by atoms with Crippen molar-refractivity contribution < 1.29 is 31.4 Å². The van der Waals surface area contributed by atoms with Crippen LogP contribution in [0.1, 0.15) is 71.6 Å². The molecule has 0 unspecified atom stereocenters. The molecule has 0 saturated carbocycles. The van der Waals surface area contributed by atoms with Gasteiger partial charge >= 0.3 is 19.2 Å². The Bertz CT molecular complexity index is 553. The highest BCUT2D eigenvalue weighted by Crippen LogP contribution is 2.31. The van der Waals surface area contributed by atoms with Crippen LogP contribution in [0.4, 0.5) is 17.3 Å². The standard InChI is InChI=1S/C18H31N3O2.BF4/c1-3-6-17(22)23-10-5-4-7-14-12-16-9-8-15-11-13(2)19-18(20-14)21(15)16;2-1(3,4)5/h13-16H,3-12H2,1-2H3,(H,19,20);/q;-1/p+1/t13-,14+,15+,16-;/m1./s1. The molecule has 0 aromatic carbocycles. The van der Waals surface area contributed by atoms with Crippen molar-refractivity contribution in [1.29, 1.82) is 0 Å². The average molecular weight is 409 g/mol. The Labute approximate surface area is 164 Å². The predicted molar refractivity (Wildman–Crippen MR) is 101 cm³/mol. The Balaban J connectivity index is 0.000000500. The molecule has 0 spiro atoms. The van der Waals surface area contributed by atoms with Crippen LogP contribution < -0.4 is 10.6 Å². The summed E-state index contributed by atoms with van der Waals surface area (Å²) in [7, 11) is -6.00. The van der Waals surface area contributed by atoms with Gasteiger partial charge < -0.3 is 22.0 Å². The number of halogens is 4. The van der Waals surface area contributed by atoms with E-state index in [0.29, 0.717) is 25.1 Å². The summed E-state index contributed by atoms with van der Waals surface area (Å²) < 4.78 is 46.8. The fourth-order valence-corrected chi connectivity index (χ4v) is 4.41. The highest BCUT2D eigenvalue weighted by Gasteiger charge is 2.44. The SMILES string of the molecule is CCCC(=O)OCCCC[C@H]1C[C@H]2CC[C@H]3C[C@@H](C)NC(=[N+]23)N1.F[B-](F)(F)F. The van der Waals surface area contributed by atoms with Gasteiger partial charge in [-0.1, -0.05) is 6.92 Å². The van der Waals surface area contributed by atoms with Crippen LogP contribution in [-0.2, 0) is 9.53 Å². The van der Waals surface area contributed by atoms with E-state index in [-0.39, 0.29) is 5.97 Å². The Kier molecular flexibility index (Phi) is 8.43. The van der Waals surface area contributed by atoms with E-state index in [0.717, 1.165) is 31.3 Å². The second-order valence-electron chi connectivity index (χ2n) is 7.96. The fraction of sp³-hybridized carbons (Fsp3) is 0.889. The molecule has 2 N–H and O–H groups in total. The van der Waals surface area contributed by atoms with Gasteiger partial charge in [-0.15, -0.1) is 0 Å². The van der Waals surface area contributed by atoms with Crippen LogP contribution >= 0.6 is 0 Å². The van der Waals surface area contributed by atoms with E-state index < -0.39 is 7.25 Å². The molecule has 3 heterocycles. The zero-order valence-electron chi connectivity index (χ0n) is 16.7. The number of ether oxygens (including phenoxy) is 1. The van der Waals surface area contributed by atoms with Crippen LogP contribution in [0.15, 0.2) is 0 Å². The average Bonchev–Trinajstić information content (AvgIpc) is 2.97. The molecule has 4 atom stereocenters. The van der Waals surface area contributed by atoms with Gasteiger partial charge in [-0.2, -0.15) is 0 Å². The first-order valence-electron chi connectivity index (χ1n) is 10.4. The first-order valence-corrected chi connectivity index (χ1v) is 10.4. The van der Waals surface area contributed by atoms with E-state index in [1.165, 1.54) is 38.1 Å². The lowest BCUT2D eigenvalue weighted by atomic mass is 9.99. The molecular weight excluding hydrogens is 377 g/mol. The van der Waals surface area contributed by atoms with Crippen molar-refractivity contribution in [2.24, 2.45) is 0 Å². The summed E-state index contributed by atoms with van der Waals surface area (Å²) in [5, 5.41) is 7.37. The number of esters is 1. The summed E-state index contributed by atoms with van der Waals surface area (Å²) in [6, 6.07) is 2.62. The van der Waals surface area contributed by atoms with Crippen LogP contribution in [0, 0.1) is 0 Å². The van der Waals surface area contributed by atoms with Crippen LogP contribution in [0.3, 0.4) is 0 Å². The minimum atomic E-state index is -6.00. The van der Waals surface area contributed by atoms with Gasteiger partial charge in [0.05, 0.1) is 30.8 Å². The number of guanidine groups is 1. The molecule has 3 aliphatic rings. The molecular formula is C18H32BF4N3O2. The van der Waals surface area contributed by atoms with Crippen molar-refractivity contribution in [2.75, 3.05) is 6.61 Å². The van der Waals surface area contributed by atoms with E-state index in [9.17, 15) is 22.1 Å². The van der Waals surface area contributed by atoms with Gasteiger partial charge in [0, 0.05) is 19.3 Å². The molecule has 0 bridgehead atoms. The summed E-state index contributed by atoms with van der Waals surface area (Å²) in [6.45, 7) is 4.87. The number of nitrogens with one attached hydrogen (secondary N) is 2. The number of nitrogens with zero attached hydrogens (tertiary/aromatic N) is 1. The molecule has 162 valence electrons. The molecule has 0 aromatic rings. The van der Waals surface area contributed by atoms with Gasteiger partial charge in [0.15, 0.2) is 0 Å². The first kappa shape index (κ1) is 22.8. The molecule has 3 rings (SSSR count). The highest BCUT2D eigenvalue weighted by molar-refractivity contribution is 6.50. The van der Waals surface area contributed by atoms with Crippen molar-refractivity contribution in [3.05, 3.63) is 0 Å². The number of carbonyl (C=O) groups is 1. The third kappa shape index (κ3) is 7.51. The minimum absolute atomic E-state index is 0.0492. The minimum Gasteiger partial charge on any atom is -0.466 e. The second-order valence-corrected chi connectivity index (χ2v) is 7.96. The van der Waals surface area contributed by atoms with E-state index in [1.807, 2.05) is 6.92 Å². The van der Waals surface area contributed by atoms with E-state index in [4.69, 9.17) is 4.74 Å². The van der Waals surface area contributed by atoms with Crippen LogP contribution in [-0.4, -0.2) is 54.5 Å². The molecule has 28 heavy (non-hydrogen) atoms. The van der Waals surface area contributed by atoms with Gasteiger partial charge in [0.1, 0.15) is 0 Å². The topological polar surface area (TPSA) is 53.4 Å². The molecule has 3 aliphatic heterocycles. The Morgan fingerprint density at radius 3 is 2.43 bits per heavy atom. The summed E-state index contributed by atoms with van der Waals surface area (Å²) in [5.41, 5.74) is 0. The predicted octanol–water partition coefficient (Wildman–Crippen LogP) is 3.44. The molecule has 0 radical (unpaired) electrons. The van der Waals surface area contributed by atoms with Crippen LogP contribution in [0.25, 0.3) is 0 Å². The monoisotopic (exact) mass is 409 g/mol. The molecule has 0 aliphatic carbocycles. The number of hydrogen-bond acceptors (Lipinski definition) is 4. The lowest BCUT2D eigenvalue weighted by molar-refractivity contribution is -0.593. The van der Waals surface area contributed by atoms with E-state index in [2.05, 4.69) is 22.1 Å². The molecule has 10 heteroatoms. The highest BCUT2D eigenvalue weighted by atomic mass is 19.5. The second kappa shape index (κ2) is 10.3. The third-order valence-corrected chi connectivity index (χ3v) is 5.45. The molecule has 0 amide bonds. The quantitative estimate of drug-likeness (QED) is 0.222. The summed E-state index contributed by atoms with van der Waals surface area (Å²) >= 11 is 0. The Morgan fingerprint density at radius 2 is 1.79 bits per heavy atom. The van der Waals surface area contributed by atoms with Gasteiger partial charge in [-0.3, -0.25) is 20.0 Å². The van der Waals surface area contributed by atoms with Crippen molar-refractivity contribution in [3.63, 3.8) is 0 Å². The fourth-order valence-electron chi connectivity index (χ4n) is 4.41. The van der Waals surface area contributed by atoms with Crippen LogP contribution in [0.5, 0.6) is 0 Å². The maximum Gasteiger partial charge on any atom is 0.673 e. The molecule has 1 saturated heterocycles. The lowest BCUT2D eigenvalue weighted by Gasteiger charge is -2.35. The van der Waals surface area contributed by atoms with Crippen molar-refractivity contribution in [2.45, 2.75) is 95.8 Å². The summed E-state index contributed by atoms with van der Waals surface area (Å²) in [6.07, 6.45) is 9.90. The number of unbranched alkanes of at least 4 members (excludes halogenated alkanes) is 1. The van der Waals surface area contributed by atoms with E-state index >= 15 is 0 Å². The smallest absolute Gasteiger partial charge is 0.466 e. The molecule has 5 nitrogen and oxygen atoms in total. The Morgan fingerprint density at radius 1 is 1.14 bits per heavy atom. The third-order valence-electron chi connectivity index (χ3n) is 5.45. The Hall–Kier alpha value is -1.48. The number of rotatable bonds is 7. The summed E-state index contributed by atoms with van der Waals surface area (Å²) in [5.74, 6) is 1.23. The largest absolute Gasteiger partial charge is 0.673 e. The molecule has 0 aromatic heterocycles. The zero-order valence-corrected chi connectivity index (χ0v) is 16.7. The van der Waals surface area contributed by atoms with Gasteiger partial charge in [0.2, 0.25) is 0 Å². The van der Waals surface area contributed by atoms with Crippen molar-refractivity contribution in [3.8, 4) is 0 Å². The molecule has 1 fully saturated rings. The van der Waals surface area contributed by atoms with Gasteiger partial charge in [0.25, 0.3) is 0 Å². The maximum absolute atomic E-state index is 11.3. The lowest BCUT2D eigenvalue weighted by Crippen LogP contribution is -2.62. The van der Waals surface area contributed by atoms with Gasteiger partial charge in [-0.25, -0.2) is 0 Å². The van der Waals surface area contributed by atoms with Crippen molar-refractivity contribution >= 4 is 19.2 Å². The van der Waals surface area contributed by atoms with E-state index in [1.54, 1.807) is 0 Å². The normalized spacial score (nSPS) is 28.5. The number of hydrogen-bond donors (Lipinski definition) is 2. The van der Waals surface area contributed by atoms with Crippen LogP contribution in [0.2, 0.25) is 0 Å². The number of carbonyl (C=O) groups excluding carboxylic acids is 1. The van der Waals surface area contributed by atoms with Crippen molar-refractivity contribution in [1.82, 2.24) is 10.6 Å². The van der Waals surface area contributed by atoms with Gasteiger partial charge in [-0.05, 0) is 45.4 Å². The zero-order chi connectivity index (χ0) is 20.7. The maximum atomic E-state index is 11.3. The summed E-state index contributed by atoms with van der Waals surface area (Å²) in [4.78, 5) is 11.3.